The molecule has 3 aromatic carbocycles. The van der Waals surface area contributed by atoms with Gasteiger partial charge >= 0.3 is 5.97 Å². The molecule has 1 aliphatic heterocycles. The zero-order valence-electron chi connectivity index (χ0n) is 18.6. The first kappa shape index (κ1) is 22.4. The molecule has 0 unspecified atom stereocenters. The lowest BCUT2D eigenvalue weighted by Crippen LogP contribution is -2.44. The lowest BCUT2D eigenvalue weighted by atomic mass is 9.95. The van der Waals surface area contributed by atoms with Crippen LogP contribution in [0.15, 0.2) is 72.8 Å². The SMILES string of the molecule is C[C@@H](C(=O)O)c1ccc(CCN[C@H](c2ccccc2)[C@H]2CNc3cccc(C#N)c3N2)cc1. The Labute approximate surface area is 194 Å². The van der Waals surface area contributed by atoms with Gasteiger partial charge in [-0.15, -0.1) is 0 Å². The molecule has 6 nitrogen and oxygen atoms in total. The molecule has 6 heteroatoms. The van der Waals surface area contributed by atoms with Crippen molar-refractivity contribution in [3.63, 3.8) is 0 Å². The molecular weight excluding hydrogens is 412 g/mol. The molecule has 0 aliphatic carbocycles. The molecular formula is C27H28N4O2. The molecule has 0 saturated heterocycles. The maximum atomic E-state index is 11.2. The first-order valence-electron chi connectivity index (χ1n) is 11.2. The molecule has 0 spiro atoms. The van der Waals surface area contributed by atoms with Crippen LogP contribution in [0.25, 0.3) is 0 Å². The van der Waals surface area contributed by atoms with Crippen LogP contribution in [0.3, 0.4) is 0 Å². The van der Waals surface area contributed by atoms with Crippen LogP contribution in [0.4, 0.5) is 11.4 Å². The predicted octanol–water partition coefficient (Wildman–Crippen LogP) is 4.53. The van der Waals surface area contributed by atoms with Crippen molar-refractivity contribution < 1.29 is 9.90 Å². The van der Waals surface area contributed by atoms with E-state index in [-0.39, 0.29) is 12.1 Å². The van der Waals surface area contributed by atoms with Crippen LogP contribution in [-0.2, 0) is 11.2 Å². The van der Waals surface area contributed by atoms with Crippen LogP contribution in [0, 0.1) is 11.3 Å². The van der Waals surface area contributed by atoms with Gasteiger partial charge in [-0.1, -0.05) is 60.7 Å². The average molecular weight is 441 g/mol. The second kappa shape index (κ2) is 10.2. The van der Waals surface area contributed by atoms with Crippen molar-refractivity contribution in [2.75, 3.05) is 23.7 Å². The van der Waals surface area contributed by atoms with Crippen molar-refractivity contribution in [3.8, 4) is 6.07 Å². The molecule has 0 amide bonds. The molecule has 1 heterocycles. The number of aliphatic carboxylic acids is 1. The standard InChI is InChI=1S/C27H28N4O2/c1-18(27(32)33)20-12-10-19(11-13-20)14-15-29-25(21-6-3-2-4-7-21)24-17-30-23-9-5-8-22(16-28)26(23)31-24/h2-13,18,24-25,29-31H,14-15,17H2,1H3,(H,32,33)/t18-,24-,25-/m1/s1. The van der Waals surface area contributed by atoms with Crippen LogP contribution in [0.1, 0.15) is 41.1 Å². The lowest BCUT2D eigenvalue weighted by Gasteiger charge is -2.35. The van der Waals surface area contributed by atoms with Crippen molar-refractivity contribution >= 4 is 17.3 Å². The van der Waals surface area contributed by atoms with E-state index in [2.05, 4.69) is 34.2 Å². The number of nitrogens with zero attached hydrogens (tertiary/aromatic N) is 1. The fourth-order valence-electron chi connectivity index (χ4n) is 4.25. The van der Waals surface area contributed by atoms with Crippen molar-refractivity contribution in [1.82, 2.24) is 5.32 Å². The number of carbonyl (C=O) groups is 1. The molecule has 4 rings (SSSR count). The van der Waals surface area contributed by atoms with Gasteiger partial charge in [-0.25, -0.2) is 0 Å². The van der Waals surface area contributed by atoms with Gasteiger partial charge in [0.2, 0.25) is 0 Å². The van der Waals surface area contributed by atoms with Gasteiger partial charge in [0, 0.05) is 6.54 Å². The van der Waals surface area contributed by atoms with Gasteiger partial charge < -0.3 is 21.1 Å². The summed E-state index contributed by atoms with van der Waals surface area (Å²) in [6.45, 7) is 3.19. The molecule has 3 atom stereocenters. The molecule has 0 saturated carbocycles. The monoisotopic (exact) mass is 440 g/mol. The topological polar surface area (TPSA) is 97.2 Å². The van der Waals surface area contributed by atoms with E-state index in [1.807, 2.05) is 60.7 Å². The van der Waals surface area contributed by atoms with E-state index in [0.717, 1.165) is 42.0 Å². The molecule has 1 aliphatic rings. The number of hydrogen-bond acceptors (Lipinski definition) is 5. The Morgan fingerprint density at radius 2 is 1.85 bits per heavy atom. The van der Waals surface area contributed by atoms with Gasteiger partial charge in [0.1, 0.15) is 6.07 Å². The quantitative estimate of drug-likeness (QED) is 0.411. The number of fused-ring (bicyclic) bond motifs is 1. The van der Waals surface area contributed by atoms with Crippen LogP contribution in [-0.4, -0.2) is 30.2 Å². The van der Waals surface area contributed by atoms with E-state index in [0.29, 0.717) is 5.56 Å². The minimum absolute atomic E-state index is 0.0462. The molecule has 0 radical (unpaired) electrons. The van der Waals surface area contributed by atoms with Gasteiger partial charge in [0.15, 0.2) is 0 Å². The third-order valence-corrected chi connectivity index (χ3v) is 6.22. The largest absolute Gasteiger partial charge is 0.481 e. The fraction of sp³-hybridized carbons (Fsp3) is 0.259. The highest BCUT2D eigenvalue weighted by atomic mass is 16.4. The minimum atomic E-state index is -0.815. The average Bonchev–Trinajstić information content (AvgIpc) is 2.86. The van der Waals surface area contributed by atoms with Crippen LogP contribution >= 0.6 is 0 Å². The van der Waals surface area contributed by atoms with Crippen molar-refractivity contribution in [2.45, 2.75) is 31.3 Å². The molecule has 33 heavy (non-hydrogen) atoms. The fourth-order valence-corrected chi connectivity index (χ4v) is 4.25. The molecule has 4 N–H and O–H groups in total. The van der Waals surface area contributed by atoms with Gasteiger partial charge in [0.25, 0.3) is 0 Å². The summed E-state index contributed by atoms with van der Waals surface area (Å²) in [5.41, 5.74) is 5.58. The molecule has 0 fully saturated rings. The number of hydrogen-bond donors (Lipinski definition) is 4. The number of para-hydroxylation sites is 1. The second-order valence-corrected chi connectivity index (χ2v) is 8.37. The van der Waals surface area contributed by atoms with Crippen molar-refractivity contribution in [3.05, 3.63) is 95.1 Å². The Kier molecular flexibility index (Phi) is 6.92. The second-order valence-electron chi connectivity index (χ2n) is 8.37. The molecule has 0 aromatic heterocycles. The summed E-state index contributed by atoms with van der Waals surface area (Å²) >= 11 is 0. The van der Waals surface area contributed by atoms with Gasteiger partial charge in [-0.2, -0.15) is 5.26 Å². The number of carboxylic acid groups (broad SMARTS) is 1. The maximum absolute atomic E-state index is 11.2. The summed E-state index contributed by atoms with van der Waals surface area (Å²) in [6, 6.07) is 26.2. The Morgan fingerprint density at radius 3 is 2.55 bits per heavy atom. The molecule has 3 aromatic rings. The summed E-state index contributed by atoms with van der Waals surface area (Å²) in [5.74, 6) is -1.32. The third kappa shape index (κ3) is 5.16. The number of benzene rings is 3. The summed E-state index contributed by atoms with van der Waals surface area (Å²) in [5, 5.41) is 29.5. The van der Waals surface area contributed by atoms with Gasteiger partial charge in [0.05, 0.1) is 34.9 Å². The Balaban J connectivity index is 1.46. The Bertz CT molecular complexity index is 1140. The third-order valence-electron chi connectivity index (χ3n) is 6.22. The number of carboxylic acids is 1. The lowest BCUT2D eigenvalue weighted by molar-refractivity contribution is -0.138. The summed E-state index contributed by atoms with van der Waals surface area (Å²) < 4.78 is 0. The van der Waals surface area contributed by atoms with E-state index >= 15 is 0 Å². The van der Waals surface area contributed by atoms with E-state index < -0.39 is 11.9 Å². The van der Waals surface area contributed by atoms with Gasteiger partial charge in [-0.3, -0.25) is 4.79 Å². The summed E-state index contributed by atoms with van der Waals surface area (Å²) in [6.07, 6.45) is 0.825. The number of anilines is 2. The smallest absolute Gasteiger partial charge is 0.310 e. The molecule has 0 bridgehead atoms. The van der Waals surface area contributed by atoms with E-state index in [1.54, 1.807) is 6.92 Å². The van der Waals surface area contributed by atoms with Crippen molar-refractivity contribution in [1.29, 1.82) is 5.26 Å². The summed E-state index contributed by atoms with van der Waals surface area (Å²) in [4.78, 5) is 11.2. The maximum Gasteiger partial charge on any atom is 0.310 e. The Hall–Kier alpha value is -3.82. The molecule has 168 valence electrons. The highest BCUT2D eigenvalue weighted by Crippen LogP contribution is 2.33. The number of rotatable bonds is 8. The van der Waals surface area contributed by atoms with Crippen LogP contribution in [0.5, 0.6) is 0 Å². The zero-order valence-corrected chi connectivity index (χ0v) is 18.6. The first-order chi connectivity index (χ1) is 16.1. The van der Waals surface area contributed by atoms with Crippen LogP contribution < -0.4 is 16.0 Å². The zero-order chi connectivity index (χ0) is 23.2. The first-order valence-corrected chi connectivity index (χ1v) is 11.2. The Morgan fingerprint density at radius 1 is 1.09 bits per heavy atom. The predicted molar refractivity (Wildman–Crippen MR) is 130 cm³/mol. The van der Waals surface area contributed by atoms with E-state index in [4.69, 9.17) is 0 Å². The summed E-state index contributed by atoms with van der Waals surface area (Å²) in [7, 11) is 0. The highest BCUT2D eigenvalue weighted by molar-refractivity contribution is 5.77. The highest BCUT2D eigenvalue weighted by Gasteiger charge is 2.27. The normalized spacial score (nSPS) is 16.4. The minimum Gasteiger partial charge on any atom is -0.481 e. The van der Waals surface area contributed by atoms with E-state index in [9.17, 15) is 15.2 Å². The van der Waals surface area contributed by atoms with Gasteiger partial charge in [-0.05, 0) is 48.7 Å². The number of nitrogens with one attached hydrogen (secondary N) is 3. The number of nitriles is 1. The van der Waals surface area contributed by atoms with Crippen LogP contribution in [0.2, 0.25) is 0 Å². The van der Waals surface area contributed by atoms with E-state index in [1.165, 1.54) is 5.56 Å². The van der Waals surface area contributed by atoms with Crippen molar-refractivity contribution in [2.24, 2.45) is 0 Å².